The molecule has 0 saturated heterocycles. The Morgan fingerprint density at radius 2 is 1.71 bits per heavy atom. The summed E-state index contributed by atoms with van der Waals surface area (Å²) < 4.78 is 0. The van der Waals surface area contributed by atoms with E-state index in [0.717, 1.165) is 5.56 Å². The van der Waals surface area contributed by atoms with Gasteiger partial charge in [0.1, 0.15) is 6.33 Å². The van der Waals surface area contributed by atoms with Gasteiger partial charge in [-0.1, -0.05) is 23.2 Å². The molecule has 2 aromatic heterocycles. The van der Waals surface area contributed by atoms with E-state index in [0.29, 0.717) is 5.56 Å². The highest BCUT2D eigenvalue weighted by atomic mass is 35.5. The molecule has 70 valence electrons. The summed E-state index contributed by atoms with van der Waals surface area (Å²) >= 11 is 11.5. The zero-order chi connectivity index (χ0) is 9.97. The van der Waals surface area contributed by atoms with E-state index in [9.17, 15) is 0 Å². The minimum absolute atomic E-state index is 0.282. The maximum absolute atomic E-state index is 5.84. The van der Waals surface area contributed by atoms with Gasteiger partial charge in [-0.25, -0.2) is 9.97 Å². The third-order valence-corrected chi connectivity index (χ3v) is 2.05. The predicted octanol–water partition coefficient (Wildman–Crippen LogP) is 2.24. The summed E-state index contributed by atoms with van der Waals surface area (Å²) in [6, 6.07) is 1.62. The molecule has 0 amide bonds. The molecule has 2 aromatic rings. The molecule has 0 aliphatic carbocycles. The Labute approximate surface area is 89.9 Å². The summed E-state index contributed by atoms with van der Waals surface area (Å²) in [5.41, 5.74) is 1.43. The fraction of sp³-hybridized carbons (Fsp3) is 0. The Bertz CT molecular complexity index is 446. The second-order valence-electron chi connectivity index (χ2n) is 2.50. The van der Waals surface area contributed by atoms with Crippen molar-refractivity contribution in [1.82, 2.24) is 20.2 Å². The molecule has 0 saturated carbocycles. The fourth-order valence-corrected chi connectivity index (χ4v) is 1.34. The Morgan fingerprint density at radius 3 is 2.43 bits per heavy atom. The van der Waals surface area contributed by atoms with Gasteiger partial charge in [0.05, 0.1) is 0 Å². The minimum atomic E-state index is 0.282. The van der Waals surface area contributed by atoms with E-state index in [1.807, 2.05) is 0 Å². The number of hydrogen-bond acceptors (Lipinski definition) is 4. The van der Waals surface area contributed by atoms with E-state index in [4.69, 9.17) is 23.2 Å². The van der Waals surface area contributed by atoms with Crippen molar-refractivity contribution in [3.8, 4) is 11.1 Å². The molecular formula is C8H4Cl2N4. The minimum Gasteiger partial charge on any atom is -0.244 e. The average molecular weight is 227 g/mol. The van der Waals surface area contributed by atoms with Crippen LogP contribution in [0.5, 0.6) is 0 Å². The molecule has 0 bridgehead atoms. The van der Waals surface area contributed by atoms with Gasteiger partial charge in [0.25, 0.3) is 0 Å². The topological polar surface area (TPSA) is 51.6 Å². The normalized spacial score (nSPS) is 10.1. The first-order valence-corrected chi connectivity index (χ1v) is 4.47. The Morgan fingerprint density at radius 1 is 1.00 bits per heavy atom. The summed E-state index contributed by atoms with van der Waals surface area (Å²) in [7, 11) is 0. The highest BCUT2D eigenvalue weighted by molar-refractivity contribution is 6.33. The number of rotatable bonds is 1. The standard InChI is InChI=1S/C8H4Cl2N4/c9-7-1-6(8(10)14-13-7)5-2-11-4-12-3-5/h1-4H. The molecule has 0 spiro atoms. The highest BCUT2D eigenvalue weighted by Crippen LogP contribution is 2.25. The molecule has 0 fully saturated rings. The third-order valence-electron chi connectivity index (χ3n) is 1.59. The SMILES string of the molecule is Clc1cc(-c2cncnc2)c(Cl)nn1. The zero-order valence-electron chi connectivity index (χ0n) is 6.85. The molecule has 2 rings (SSSR count). The smallest absolute Gasteiger partial charge is 0.159 e. The van der Waals surface area contributed by atoms with Crippen LogP contribution >= 0.6 is 23.2 Å². The first kappa shape index (κ1) is 9.30. The van der Waals surface area contributed by atoms with E-state index in [2.05, 4.69) is 20.2 Å². The van der Waals surface area contributed by atoms with Crippen molar-refractivity contribution in [2.24, 2.45) is 0 Å². The largest absolute Gasteiger partial charge is 0.244 e. The highest BCUT2D eigenvalue weighted by Gasteiger charge is 2.06. The lowest BCUT2D eigenvalue weighted by atomic mass is 10.2. The van der Waals surface area contributed by atoms with E-state index in [1.165, 1.54) is 6.33 Å². The van der Waals surface area contributed by atoms with Crippen LogP contribution in [0.25, 0.3) is 11.1 Å². The molecule has 0 aliphatic rings. The van der Waals surface area contributed by atoms with Crippen molar-refractivity contribution < 1.29 is 0 Å². The van der Waals surface area contributed by atoms with E-state index < -0.39 is 0 Å². The van der Waals surface area contributed by atoms with Crippen LogP contribution in [-0.4, -0.2) is 20.2 Å². The summed E-state index contributed by atoms with van der Waals surface area (Å²) in [6.45, 7) is 0. The summed E-state index contributed by atoms with van der Waals surface area (Å²) in [4.78, 5) is 7.74. The Hall–Kier alpha value is -1.26. The van der Waals surface area contributed by atoms with Crippen molar-refractivity contribution in [1.29, 1.82) is 0 Å². The number of aromatic nitrogens is 4. The van der Waals surface area contributed by atoms with Crippen LogP contribution in [0.4, 0.5) is 0 Å². The van der Waals surface area contributed by atoms with Crippen LogP contribution in [0.15, 0.2) is 24.8 Å². The van der Waals surface area contributed by atoms with Crippen LogP contribution in [-0.2, 0) is 0 Å². The molecule has 6 heteroatoms. The molecule has 0 aliphatic heterocycles. The molecule has 0 atom stereocenters. The second kappa shape index (κ2) is 3.86. The van der Waals surface area contributed by atoms with E-state index in [-0.39, 0.29) is 10.3 Å². The molecule has 0 unspecified atom stereocenters. The van der Waals surface area contributed by atoms with Crippen LogP contribution in [0.2, 0.25) is 10.3 Å². The summed E-state index contributed by atoms with van der Waals surface area (Å²) in [5, 5.41) is 7.86. The Balaban J connectivity index is 2.57. The molecule has 4 nitrogen and oxygen atoms in total. The van der Waals surface area contributed by atoms with Crippen LogP contribution in [0, 0.1) is 0 Å². The first-order chi connectivity index (χ1) is 6.77. The van der Waals surface area contributed by atoms with Crippen molar-refractivity contribution in [3.05, 3.63) is 35.1 Å². The number of nitrogens with zero attached hydrogens (tertiary/aromatic N) is 4. The van der Waals surface area contributed by atoms with Crippen LogP contribution in [0.1, 0.15) is 0 Å². The maximum Gasteiger partial charge on any atom is 0.159 e. The number of halogens is 2. The van der Waals surface area contributed by atoms with Gasteiger partial charge in [-0.3, -0.25) is 0 Å². The van der Waals surface area contributed by atoms with Gasteiger partial charge in [0.2, 0.25) is 0 Å². The van der Waals surface area contributed by atoms with Gasteiger partial charge in [-0.05, 0) is 6.07 Å². The van der Waals surface area contributed by atoms with E-state index >= 15 is 0 Å². The maximum atomic E-state index is 5.84. The van der Waals surface area contributed by atoms with E-state index in [1.54, 1.807) is 18.5 Å². The lowest BCUT2D eigenvalue weighted by Crippen LogP contribution is -1.89. The molecule has 0 radical (unpaired) electrons. The van der Waals surface area contributed by atoms with Gasteiger partial charge in [-0.15, -0.1) is 10.2 Å². The fourth-order valence-electron chi connectivity index (χ4n) is 0.994. The van der Waals surface area contributed by atoms with Crippen molar-refractivity contribution >= 4 is 23.2 Å². The summed E-state index contributed by atoms with van der Waals surface area (Å²) in [5.74, 6) is 0. The van der Waals surface area contributed by atoms with Crippen LogP contribution in [0.3, 0.4) is 0 Å². The first-order valence-electron chi connectivity index (χ1n) is 3.71. The quantitative estimate of drug-likeness (QED) is 0.749. The predicted molar refractivity (Wildman–Crippen MR) is 53.1 cm³/mol. The molecule has 0 aromatic carbocycles. The van der Waals surface area contributed by atoms with Gasteiger partial charge in [-0.2, -0.15) is 0 Å². The lowest BCUT2D eigenvalue weighted by Gasteiger charge is -2.01. The van der Waals surface area contributed by atoms with Gasteiger partial charge in [0.15, 0.2) is 10.3 Å². The monoisotopic (exact) mass is 226 g/mol. The van der Waals surface area contributed by atoms with Crippen molar-refractivity contribution in [2.45, 2.75) is 0 Å². The molecular weight excluding hydrogens is 223 g/mol. The molecule has 0 N–H and O–H groups in total. The Kier molecular flexibility index (Phi) is 2.56. The molecule has 2 heterocycles. The van der Waals surface area contributed by atoms with Crippen molar-refractivity contribution in [2.75, 3.05) is 0 Å². The van der Waals surface area contributed by atoms with Crippen LogP contribution < -0.4 is 0 Å². The average Bonchev–Trinajstić information content (AvgIpc) is 2.23. The van der Waals surface area contributed by atoms with Gasteiger partial charge < -0.3 is 0 Å². The number of hydrogen-bond donors (Lipinski definition) is 0. The zero-order valence-corrected chi connectivity index (χ0v) is 8.37. The lowest BCUT2D eigenvalue weighted by molar-refractivity contribution is 1.03. The summed E-state index contributed by atoms with van der Waals surface area (Å²) in [6.07, 6.45) is 4.70. The van der Waals surface area contributed by atoms with Gasteiger partial charge in [0, 0.05) is 23.5 Å². The van der Waals surface area contributed by atoms with Gasteiger partial charge >= 0.3 is 0 Å². The van der Waals surface area contributed by atoms with Crippen molar-refractivity contribution in [3.63, 3.8) is 0 Å². The third kappa shape index (κ3) is 1.81. The molecule has 14 heavy (non-hydrogen) atoms. The second-order valence-corrected chi connectivity index (χ2v) is 3.24.